The molecule has 0 saturated heterocycles. The van der Waals surface area contributed by atoms with Crippen LogP contribution in [0.25, 0.3) is 10.8 Å². The Hall–Kier alpha value is -3.92. The van der Waals surface area contributed by atoms with Crippen LogP contribution in [0.3, 0.4) is 0 Å². The summed E-state index contributed by atoms with van der Waals surface area (Å²) < 4.78 is 53.1. The van der Waals surface area contributed by atoms with Crippen LogP contribution in [0.1, 0.15) is 11.1 Å². The zero-order chi connectivity index (χ0) is 23.6. The number of hydrogen-bond acceptors (Lipinski definition) is 5. The molecule has 1 aromatic heterocycles. The van der Waals surface area contributed by atoms with Crippen LogP contribution in [-0.4, -0.2) is 24.2 Å². The molecule has 168 valence electrons. The van der Waals surface area contributed by atoms with Crippen molar-refractivity contribution in [3.63, 3.8) is 0 Å². The first kappa shape index (κ1) is 22.3. The second-order valence-electron chi connectivity index (χ2n) is 7.30. The number of fused-ring (bicyclic) bond motifs is 1. The monoisotopic (exact) mass is 469 g/mol. The molecule has 0 saturated carbocycles. The minimum absolute atomic E-state index is 0.0377. The number of hydrogen-bond donors (Lipinski definition) is 1. The summed E-state index contributed by atoms with van der Waals surface area (Å²) in [5.41, 5.74) is 2.03. The van der Waals surface area contributed by atoms with Gasteiger partial charge in [-0.25, -0.2) is 22.6 Å². The summed E-state index contributed by atoms with van der Waals surface area (Å²) in [7, 11) is -4.01. The number of benzene rings is 3. The molecule has 0 spiro atoms. The number of aromatic nitrogens is 2. The van der Waals surface area contributed by atoms with Crippen molar-refractivity contribution < 1.29 is 22.0 Å². The predicted molar refractivity (Wildman–Crippen MR) is 118 cm³/mol. The zero-order valence-corrected chi connectivity index (χ0v) is 17.9. The number of nitrogens with zero attached hydrogens (tertiary/aromatic N) is 2. The fourth-order valence-electron chi connectivity index (χ4n) is 3.38. The van der Waals surface area contributed by atoms with Crippen molar-refractivity contribution in [2.45, 2.75) is 17.2 Å². The molecule has 0 radical (unpaired) electrons. The van der Waals surface area contributed by atoms with Gasteiger partial charge < -0.3 is 0 Å². The lowest BCUT2D eigenvalue weighted by atomic mass is 10.1. The van der Waals surface area contributed by atoms with Gasteiger partial charge in [-0.2, -0.15) is 0 Å². The number of rotatable bonds is 6. The zero-order valence-electron chi connectivity index (χ0n) is 17.0. The van der Waals surface area contributed by atoms with E-state index in [0.717, 1.165) is 12.1 Å². The van der Waals surface area contributed by atoms with Crippen molar-refractivity contribution in [1.82, 2.24) is 9.89 Å². The van der Waals surface area contributed by atoms with Crippen molar-refractivity contribution in [3.05, 3.63) is 106 Å². The summed E-state index contributed by atoms with van der Waals surface area (Å²) in [5.74, 6) is -2.88. The Morgan fingerprint density at radius 3 is 2.15 bits per heavy atom. The minimum atomic E-state index is -4.01. The topological polar surface area (TPSA) is 98.1 Å². The van der Waals surface area contributed by atoms with Gasteiger partial charge in [0.1, 0.15) is 11.6 Å². The molecule has 0 fully saturated rings. The highest BCUT2D eigenvalue weighted by Gasteiger charge is 2.24. The van der Waals surface area contributed by atoms with E-state index in [-0.39, 0.29) is 27.1 Å². The van der Waals surface area contributed by atoms with E-state index in [9.17, 15) is 26.8 Å². The van der Waals surface area contributed by atoms with Crippen molar-refractivity contribution >= 4 is 26.5 Å². The van der Waals surface area contributed by atoms with Gasteiger partial charge >= 0.3 is 0 Å². The Balaban J connectivity index is 1.73. The number of halogens is 2. The fraction of sp³-hybridized carbons (Fsp3) is 0.0870. The van der Waals surface area contributed by atoms with Gasteiger partial charge in [0.15, 0.2) is 5.03 Å². The summed E-state index contributed by atoms with van der Waals surface area (Å²) in [6.07, 6.45) is -0.457. The summed E-state index contributed by atoms with van der Waals surface area (Å²) in [6.45, 7) is 0. The molecule has 4 aromatic rings. The number of carbonyl (C=O) groups excluding carboxylic acids is 1. The summed E-state index contributed by atoms with van der Waals surface area (Å²) in [6, 6.07) is 17.1. The third-order valence-electron chi connectivity index (χ3n) is 4.78. The summed E-state index contributed by atoms with van der Waals surface area (Å²) in [5, 5.41) is 3.70. The fourth-order valence-corrected chi connectivity index (χ4v) is 4.87. The molecule has 3 aromatic carbocycles. The molecule has 0 aliphatic heterocycles. The van der Waals surface area contributed by atoms with Gasteiger partial charge in [-0.05, 0) is 29.3 Å². The molecule has 4 rings (SSSR count). The van der Waals surface area contributed by atoms with Crippen LogP contribution in [0.4, 0.5) is 8.78 Å². The summed E-state index contributed by atoms with van der Waals surface area (Å²) in [4.78, 5) is 25.8. The number of amides is 1. The van der Waals surface area contributed by atoms with Gasteiger partial charge in [-0.15, -0.1) is 9.89 Å². The van der Waals surface area contributed by atoms with Gasteiger partial charge in [0, 0.05) is 11.5 Å². The first-order valence-corrected chi connectivity index (χ1v) is 11.4. The maximum absolute atomic E-state index is 13.4. The van der Waals surface area contributed by atoms with E-state index >= 15 is 0 Å². The standard InChI is InChI=1S/C23H17F2N3O4S/c24-17-10-16(11-18(25)13-17)12-21(29)26-28-23(30)20-9-5-4-8-19(20)22(27-28)33(31,32)14-15-6-2-1-3-7-15/h1-11,13H,12,14H2,(H,26,29). The molecule has 0 aliphatic carbocycles. The lowest BCUT2D eigenvalue weighted by molar-refractivity contribution is -0.116. The smallest absolute Gasteiger partial charge is 0.273 e. The van der Waals surface area contributed by atoms with Crippen LogP contribution in [0, 0.1) is 11.6 Å². The quantitative estimate of drug-likeness (QED) is 0.468. The predicted octanol–water partition coefficient (Wildman–Crippen LogP) is 2.96. The molecular weight excluding hydrogens is 452 g/mol. The first-order valence-electron chi connectivity index (χ1n) is 9.76. The van der Waals surface area contributed by atoms with Crippen molar-refractivity contribution in [2.75, 3.05) is 5.43 Å². The molecule has 1 amide bonds. The van der Waals surface area contributed by atoms with E-state index in [0.29, 0.717) is 16.4 Å². The van der Waals surface area contributed by atoms with Gasteiger partial charge in [0.05, 0.1) is 17.6 Å². The maximum Gasteiger partial charge on any atom is 0.294 e. The van der Waals surface area contributed by atoms with Gasteiger partial charge in [-0.1, -0.05) is 48.5 Å². The molecule has 0 bridgehead atoms. The Morgan fingerprint density at radius 2 is 1.48 bits per heavy atom. The second-order valence-corrected chi connectivity index (χ2v) is 9.21. The number of sulfone groups is 1. The van der Waals surface area contributed by atoms with E-state index in [1.807, 2.05) is 0 Å². The van der Waals surface area contributed by atoms with Crippen LogP contribution in [0.15, 0.2) is 82.6 Å². The van der Waals surface area contributed by atoms with Crippen LogP contribution >= 0.6 is 0 Å². The van der Waals surface area contributed by atoms with Crippen LogP contribution in [-0.2, 0) is 26.8 Å². The highest BCUT2D eigenvalue weighted by atomic mass is 32.2. The molecule has 7 nitrogen and oxygen atoms in total. The molecule has 0 unspecified atom stereocenters. The number of carbonyl (C=O) groups is 1. The Morgan fingerprint density at radius 1 is 0.879 bits per heavy atom. The van der Waals surface area contributed by atoms with Crippen LogP contribution in [0.2, 0.25) is 0 Å². The summed E-state index contributed by atoms with van der Waals surface area (Å²) >= 11 is 0. The lowest BCUT2D eigenvalue weighted by Gasteiger charge is -2.12. The van der Waals surface area contributed by atoms with Crippen LogP contribution in [0.5, 0.6) is 0 Å². The third kappa shape index (κ3) is 4.96. The van der Waals surface area contributed by atoms with Crippen LogP contribution < -0.4 is 11.0 Å². The number of nitrogens with one attached hydrogen (secondary N) is 1. The Kier molecular flexibility index (Phi) is 6.01. The maximum atomic E-state index is 13.4. The molecule has 33 heavy (non-hydrogen) atoms. The van der Waals surface area contributed by atoms with Gasteiger partial charge in [0.2, 0.25) is 15.7 Å². The molecular formula is C23H17F2N3O4S. The molecule has 0 aliphatic rings. The highest BCUT2D eigenvalue weighted by molar-refractivity contribution is 7.90. The Labute approximate surface area is 187 Å². The van der Waals surface area contributed by atoms with E-state index in [1.54, 1.807) is 42.5 Å². The van der Waals surface area contributed by atoms with E-state index < -0.39 is 39.4 Å². The molecule has 10 heteroatoms. The molecule has 0 atom stereocenters. The van der Waals surface area contributed by atoms with Crippen molar-refractivity contribution in [3.8, 4) is 0 Å². The van der Waals surface area contributed by atoms with Crippen molar-refractivity contribution in [2.24, 2.45) is 0 Å². The van der Waals surface area contributed by atoms with E-state index in [1.165, 1.54) is 12.1 Å². The molecule has 1 N–H and O–H groups in total. The SMILES string of the molecule is O=C(Cc1cc(F)cc(F)c1)Nn1nc(S(=O)(=O)Cc2ccccc2)c2ccccc2c1=O. The van der Waals surface area contributed by atoms with E-state index in [4.69, 9.17) is 0 Å². The first-order chi connectivity index (χ1) is 15.7. The highest BCUT2D eigenvalue weighted by Crippen LogP contribution is 2.21. The Bertz CT molecular complexity index is 1500. The lowest BCUT2D eigenvalue weighted by Crippen LogP contribution is -2.37. The van der Waals surface area contributed by atoms with Gasteiger partial charge in [0.25, 0.3) is 5.56 Å². The van der Waals surface area contributed by atoms with Gasteiger partial charge in [-0.3, -0.25) is 9.59 Å². The second kappa shape index (κ2) is 8.91. The normalized spacial score (nSPS) is 11.5. The van der Waals surface area contributed by atoms with Crippen molar-refractivity contribution in [1.29, 1.82) is 0 Å². The largest absolute Gasteiger partial charge is 0.294 e. The third-order valence-corrected chi connectivity index (χ3v) is 6.39. The minimum Gasteiger partial charge on any atom is -0.273 e. The van der Waals surface area contributed by atoms with E-state index in [2.05, 4.69) is 10.5 Å². The molecule has 1 heterocycles. The average molecular weight is 469 g/mol. The average Bonchev–Trinajstić information content (AvgIpc) is 2.75.